The van der Waals surface area contributed by atoms with Crippen LogP contribution in [0.2, 0.25) is 0 Å². The van der Waals surface area contributed by atoms with Crippen molar-refractivity contribution in [3.63, 3.8) is 0 Å². The number of benzene rings is 1. The topological polar surface area (TPSA) is 0 Å². The van der Waals surface area contributed by atoms with Crippen LogP contribution in [0.5, 0.6) is 0 Å². The third-order valence-corrected chi connectivity index (χ3v) is 4.56. The standard InChI is InChI=1S/C16H21.Ti/c1-8-9(2)12(5)16-14(7)10(3)13(6)15(16)11(8)4;/h1-7H3;/q-1;. The SMILES string of the molecule is Cc1c(C)c(C)c2c(c1C)c(C)c(C)[c-]2C.[Ti]. The van der Waals surface area contributed by atoms with Gasteiger partial charge in [-0.2, -0.15) is 5.56 Å². The van der Waals surface area contributed by atoms with Gasteiger partial charge in [0.2, 0.25) is 0 Å². The predicted octanol–water partition coefficient (Wildman–Crippen LogP) is 4.72. The summed E-state index contributed by atoms with van der Waals surface area (Å²) in [6, 6.07) is 0. The zero-order valence-corrected chi connectivity index (χ0v) is 13.6. The van der Waals surface area contributed by atoms with Crippen LogP contribution in [0.1, 0.15) is 38.9 Å². The second-order valence-electron chi connectivity index (χ2n) is 5.12. The summed E-state index contributed by atoms with van der Waals surface area (Å²) in [5.74, 6) is 0. The first kappa shape index (κ1) is 14.6. The molecule has 0 fully saturated rings. The van der Waals surface area contributed by atoms with Gasteiger partial charge >= 0.3 is 0 Å². The van der Waals surface area contributed by atoms with Gasteiger partial charge in [0.15, 0.2) is 0 Å². The van der Waals surface area contributed by atoms with Gasteiger partial charge in [-0.1, -0.05) is 44.4 Å². The number of rotatable bonds is 0. The normalized spacial score (nSPS) is 10.8. The van der Waals surface area contributed by atoms with Gasteiger partial charge in [-0.25, -0.2) is 0 Å². The van der Waals surface area contributed by atoms with E-state index in [9.17, 15) is 0 Å². The first-order valence-corrected chi connectivity index (χ1v) is 6.00. The van der Waals surface area contributed by atoms with E-state index in [1.165, 1.54) is 49.7 Å². The van der Waals surface area contributed by atoms with E-state index >= 15 is 0 Å². The molecule has 0 aromatic heterocycles. The molecule has 0 amide bonds. The van der Waals surface area contributed by atoms with Crippen molar-refractivity contribution in [2.24, 2.45) is 0 Å². The van der Waals surface area contributed by atoms with Gasteiger partial charge in [0.25, 0.3) is 0 Å². The Morgan fingerprint density at radius 3 is 1.65 bits per heavy atom. The molecule has 2 aromatic carbocycles. The van der Waals surface area contributed by atoms with E-state index in [0.29, 0.717) is 0 Å². The molecule has 0 aliphatic heterocycles. The van der Waals surface area contributed by atoms with Crippen molar-refractivity contribution in [1.82, 2.24) is 0 Å². The van der Waals surface area contributed by atoms with Crippen LogP contribution in [0.25, 0.3) is 10.8 Å². The van der Waals surface area contributed by atoms with Crippen LogP contribution in [0.4, 0.5) is 0 Å². The summed E-state index contributed by atoms with van der Waals surface area (Å²) < 4.78 is 0. The molecule has 0 unspecified atom stereocenters. The van der Waals surface area contributed by atoms with Gasteiger partial charge in [-0.3, -0.25) is 0 Å². The van der Waals surface area contributed by atoms with Gasteiger partial charge in [-0.15, -0.1) is 27.5 Å². The molecule has 0 aliphatic rings. The Labute approximate surface area is 120 Å². The molecular weight excluding hydrogens is 240 g/mol. The summed E-state index contributed by atoms with van der Waals surface area (Å²) in [7, 11) is 0. The van der Waals surface area contributed by atoms with Crippen LogP contribution in [0, 0.1) is 48.5 Å². The molecule has 2 rings (SSSR count). The molecule has 0 saturated carbocycles. The molecule has 0 nitrogen and oxygen atoms in total. The van der Waals surface area contributed by atoms with Crippen LogP contribution < -0.4 is 0 Å². The van der Waals surface area contributed by atoms with E-state index in [0.717, 1.165) is 0 Å². The molecule has 0 radical (unpaired) electrons. The van der Waals surface area contributed by atoms with Gasteiger partial charge in [0.05, 0.1) is 0 Å². The van der Waals surface area contributed by atoms with Crippen molar-refractivity contribution in [1.29, 1.82) is 0 Å². The smallest absolute Gasteiger partial charge is 0 e. The van der Waals surface area contributed by atoms with Gasteiger partial charge in [0.1, 0.15) is 0 Å². The molecular formula is C16H21Ti-. The number of hydrogen-bond donors (Lipinski definition) is 0. The monoisotopic (exact) mass is 261 g/mol. The van der Waals surface area contributed by atoms with Crippen molar-refractivity contribution >= 4 is 10.8 Å². The van der Waals surface area contributed by atoms with E-state index in [4.69, 9.17) is 0 Å². The van der Waals surface area contributed by atoms with Crippen molar-refractivity contribution in [2.45, 2.75) is 48.5 Å². The fourth-order valence-electron chi connectivity index (χ4n) is 2.91. The Morgan fingerprint density at radius 2 is 1.12 bits per heavy atom. The summed E-state index contributed by atoms with van der Waals surface area (Å²) in [6.45, 7) is 15.8. The molecule has 2 aromatic rings. The number of aryl methyl sites for hydroxylation is 4. The maximum absolute atomic E-state index is 2.26. The molecule has 0 spiro atoms. The molecule has 0 aliphatic carbocycles. The molecule has 0 heterocycles. The molecule has 0 bridgehead atoms. The van der Waals surface area contributed by atoms with E-state index in [-0.39, 0.29) is 21.7 Å². The minimum Gasteiger partial charge on any atom is -0.153 e. The fraction of sp³-hybridized carbons (Fsp3) is 0.438. The maximum Gasteiger partial charge on any atom is 0 e. The Bertz CT molecular complexity index is 535. The molecule has 0 N–H and O–H groups in total. The second-order valence-corrected chi connectivity index (χ2v) is 5.12. The Hall–Kier alpha value is -0.456. The summed E-state index contributed by atoms with van der Waals surface area (Å²) in [5.41, 5.74) is 10.2. The van der Waals surface area contributed by atoms with E-state index in [1.54, 1.807) is 0 Å². The van der Waals surface area contributed by atoms with Crippen molar-refractivity contribution in [2.75, 3.05) is 0 Å². The molecule has 1 heteroatoms. The predicted molar refractivity (Wildman–Crippen MR) is 72.7 cm³/mol. The van der Waals surface area contributed by atoms with Crippen molar-refractivity contribution < 1.29 is 21.7 Å². The Morgan fingerprint density at radius 1 is 0.647 bits per heavy atom. The molecule has 17 heavy (non-hydrogen) atoms. The first-order valence-electron chi connectivity index (χ1n) is 6.00. The van der Waals surface area contributed by atoms with Crippen molar-refractivity contribution in [3.8, 4) is 0 Å². The third kappa shape index (κ3) is 1.82. The number of hydrogen-bond acceptors (Lipinski definition) is 0. The van der Waals surface area contributed by atoms with Gasteiger partial charge < -0.3 is 0 Å². The quantitative estimate of drug-likeness (QED) is 0.475. The van der Waals surface area contributed by atoms with Gasteiger partial charge in [-0.05, 0) is 20.8 Å². The van der Waals surface area contributed by atoms with Crippen LogP contribution >= 0.6 is 0 Å². The largest absolute Gasteiger partial charge is 0.153 e. The minimum atomic E-state index is 0. The minimum absolute atomic E-state index is 0. The number of fused-ring (bicyclic) bond motifs is 1. The average molecular weight is 261 g/mol. The zero-order chi connectivity index (χ0) is 12.2. The fourth-order valence-corrected chi connectivity index (χ4v) is 2.91. The van der Waals surface area contributed by atoms with E-state index < -0.39 is 0 Å². The summed E-state index contributed by atoms with van der Waals surface area (Å²) >= 11 is 0. The van der Waals surface area contributed by atoms with E-state index in [2.05, 4.69) is 48.5 Å². The Balaban J connectivity index is 0.00000144. The molecule has 0 atom stereocenters. The van der Waals surface area contributed by atoms with E-state index in [1.807, 2.05) is 0 Å². The van der Waals surface area contributed by atoms with Crippen LogP contribution in [-0.2, 0) is 21.7 Å². The molecule has 90 valence electrons. The Kier molecular flexibility index (Phi) is 4.01. The van der Waals surface area contributed by atoms with Crippen molar-refractivity contribution in [3.05, 3.63) is 38.9 Å². The average Bonchev–Trinajstić information content (AvgIpc) is 2.48. The van der Waals surface area contributed by atoms with Crippen LogP contribution in [-0.4, -0.2) is 0 Å². The third-order valence-electron chi connectivity index (χ3n) is 4.56. The van der Waals surface area contributed by atoms with Gasteiger partial charge in [0, 0.05) is 21.7 Å². The maximum atomic E-state index is 2.26. The first-order chi connectivity index (χ1) is 7.37. The summed E-state index contributed by atoms with van der Waals surface area (Å²) in [4.78, 5) is 0. The second kappa shape index (κ2) is 4.67. The molecule has 0 saturated heterocycles. The zero-order valence-electron chi connectivity index (χ0n) is 12.0. The van der Waals surface area contributed by atoms with Crippen LogP contribution in [0.15, 0.2) is 0 Å². The summed E-state index contributed by atoms with van der Waals surface area (Å²) in [6.07, 6.45) is 0. The van der Waals surface area contributed by atoms with Crippen LogP contribution in [0.3, 0.4) is 0 Å². The summed E-state index contributed by atoms with van der Waals surface area (Å²) in [5, 5.41) is 2.99.